The van der Waals surface area contributed by atoms with Crippen LogP contribution in [0, 0.1) is 25.1 Å². The summed E-state index contributed by atoms with van der Waals surface area (Å²) < 4.78 is 15.9. The Balaban J connectivity index is 1.59. The summed E-state index contributed by atoms with van der Waals surface area (Å²) in [7, 11) is 1.90. The van der Waals surface area contributed by atoms with Crippen LogP contribution >= 0.6 is 0 Å². The summed E-state index contributed by atoms with van der Waals surface area (Å²) in [5.74, 6) is 0.0342. The molecule has 144 valence electrons. The number of aromatic nitrogens is 2. The Morgan fingerprint density at radius 1 is 1.19 bits per heavy atom. The third kappa shape index (κ3) is 3.27. The van der Waals surface area contributed by atoms with Gasteiger partial charge in [-0.05, 0) is 69.5 Å². The molecule has 5 nitrogen and oxygen atoms in total. The Kier molecular flexibility index (Phi) is 4.54. The highest BCUT2D eigenvalue weighted by Crippen LogP contribution is 2.40. The first-order valence-corrected chi connectivity index (χ1v) is 9.68. The minimum absolute atomic E-state index is 0.238. The van der Waals surface area contributed by atoms with E-state index in [1.54, 1.807) is 12.1 Å². The van der Waals surface area contributed by atoms with Gasteiger partial charge in [0.25, 0.3) is 0 Å². The van der Waals surface area contributed by atoms with Crippen molar-refractivity contribution in [2.24, 2.45) is 5.41 Å². The molecule has 1 spiro atoms. The fourth-order valence-electron chi connectivity index (χ4n) is 4.74. The van der Waals surface area contributed by atoms with Crippen LogP contribution in [0.15, 0.2) is 24.3 Å². The molecule has 6 heteroatoms. The van der Waals surface area contributed by atoms with Gasteiger partial charge in [0, 0.05) is 32.4 Å². The molecule has 4 rings (SSSR count). The van der Waals surface area contributed by atoms with Crippen LogP contribution in [0.4, 0.5) is 4.39 Å². The van der Waals surface area contributed by atoms with Crippen molar-refractivity contribution in [3.63, 3.8) is 0 Å². The molecule has 2 fully saturated rings. The van der Waals surface area contributed by atoms with Gasteiger partial charge in [-0.25, -0.2) is 9.07 Å². The second kappa shape index (κ2) is 6.75. The van der Waals surface area contributed by atoms with Crippen LogP contribution in [0.5, 0.6) is 0 Å². The second-order valence-corrected chi connectivity index (χ2v) is 8.18. The van der Waals surface area contributed by atoms with Crippen LogP contribution in [0.3, 0.4) is 0 Å². The molecule has 0 bridgehead atoms. The van der Waals surface area contributed by atoms with Gasteiger partial charge in [0.05, 0.1) is 16.8 Å². The fraction of sp³-hybridized carbons (Fsp3) is 0.524. The summed E-state index contributed by atoms with van der Waals surface area (Å²) in [5, 5.41) is 4.57. The topological polar surface area (TPSA) is 41.4 Å². The van der Waals surface area contributed by atoms with Gasteiger partial charge in [0.2, 0.25) is 5.91 Å². The van der Waals surface area contributed by atoms with Crippen LogP contribution in [0.1, 0.15) is 36.2 Å². The molecule has 1 aromatic carbocycles. The molecule has 0 N–H and O–H groups in total. The van der Waals surface area contributed by atoms with Gasteiger partial charge >= 0.3 is 0 Å². The lowest BCUT2D eigenvalue weighted by atomic mass is 9.78. The zero-order valence-corrected chi connectivity index (χ0v) is 16.3. The van der Waals surface area contributed by atoms with Crippen molar-refractivity contribution in [3.05, 3.63) is 47.0 Å². The first-order valence-electron chi connectivity index (χ1n) is 9.68. The van der Waals surface area contributed by atoms with Gasteiger partial charge in [-0.1, -0.05) is 0 Å². The molecule has 0 saturated carbocycles. The number of carbonyl (C=O) groups excluding carboxylic acids is 1. The van der Waals surface area contributed by atoms with Crippen molar-refractivity contribution in [2.75, 3.05) is 26.7 Å². The third-order valence-corrected chi connectivity index (χ3v) is 6.06. The summed E-state index contributed by atoms with van der Waals surface area (Å²) >= 11 is 0. The molecule has 2 aliphatic heterocycles. The average molecular weight is 370 g/mol. The van der Waals surface area contributed by atoms with Crippen molar-refractivity contribution in [3.8, 4) is 5.69 Å². The molecule has 2 aromatic rings. The normalized spacial score (nSPS) is 23.6. The van der Waals surface area contributed by atoms with Gasteiger partial charge in [0.15, 0.2) is 0 Å². The van der Waals surface area contributed by atoms with E-state index in [4.69, 9.17) is 0 Å². The Labute approximate surface area is 159 Å². The van der Waals surface area contributed by atoms with E-state index in [0.717, 1.165) is 61.5 Å². The predicted octanol–water partition coefficient (Wildman–Crippen LogP) is 3.07. The minimum Gasteiger partial charge on any atom is -0.345 e. The van der Waals surface area contributed by atoms with Gasteiger partial charge < -0.3 is 4.90 Å². The van der Waals surface area contributed by atoms with E-state index in [2.05, 4.69) is 10.00 Å². The molecule has 1 aromatic heterocycles. The molecule has 1 amide bonds. The summed E-state index contributed by atoms with van der Waals surface area (Å²) in [6.07, 6.45) is 2.91. The van der Waals surface area contributed by atoms with Crippen LogP contribution < -0.4 is 0 Å². The molecule has 2 saturated heterocycles. The average Bonchev–Trinajstić information content (AvgIpc) is 3.17. The summed E-state index contributed by atoms with van der Waals surface area (Å²) in [6.45, 7) is 7.07. The van der Waals surface area contributed by atoms with Gasteiger partial charge in [0.1, 0.15) is 5.82 Å². The maximum atomic E-state index is 14.0. The summed E-state index contributed by atoms with van der Waals surface area (Å²) in [4.78, 5) is 16.9. The van der Waals surface area contributed by atoms with Crippen molar-refractivity contribution in [1.82, 2.24) is 19.6 Å². The fourth-order valence-corrected chi connectivity index (χ4v) is 4.74. The Hall–Kier alpha value is -2.21. The second-order valence-electron chi connectivity index (χ2n) is 8.18. The Morgan fingerprint density at radius 3 is 2.74 bits per heavy atom. The largest absolute Gasteiger partial charge is 0.345 e. The third-order valence-electron chi connectivity index (χ3n) is 6.06. The Morgan fingerprint density at radius 2 is 2.00 bits per heavy atom. The lowest BCUT2D eigenvalue weighted by Gasteiger charge is -2.37. The molecule has 27 heavy (non-hydrogen) atoms. The Bertz CT molecular complexity index is 877. The number of aryl methyl sites for hydroxylation is 2. The highest BCUT2D eigenvalue weighted by atomic mass is 19.1. The monoisotopic (exact) mass is 370 g/mol. The number of rotatable bonds is 3. The highest BCUT2D eigenvalue weighted by molar-refractivity contribution is 5.83. The predicted molar refractivity (Wildman–Crippen MR) is 102 cm³/mol. The van der Waals surface area contributed by atoms with E-state index >= 15 is 0 Å². The van der Waals surface area contributed by atoms with E-state index in [0.29, 0.717) is 6.54 Å². The van der Waals surface area contributed by atoms with Gasteiger partial charge in [-0.2, -0.15) is 5.10 Å². The highest BCUT2D eigenvalue weighted by Gasteiger charge is 2.47. The zero-order valence-electron chi connectivity index (χ0n) is 16.3. The maximum Gasteiger partial charge on any atom is 0.229 e. The number of halogens is 1. The number of benzene rings is 1. The van der Waals surface area contributed by atoms with Crippen molar-refractivity contribution in [1.29, 1.82) is 0 Å². The van der Waals surface area contributed by atoms with E-state index in [1.165, 1.54) is 6.07 Å². The van der Waals surface area contributed by atoms with Crippen molar-refractivity contribution >= 4 is 5.91 Å². The molecule has 0 aliphatic carbocycles. The maximum absolute atomic E-state index is 14.0. The van der Waals surface area contributed by atoms with Crippen molar-refractivity contribution in [2.45, 2.75) is 39.7 Å². The lowest BCUT2D eigenvalue weighted by Crippen LogP contribution is -2.48. The number of piperidine rings is 1. The summed E-state index contributed by atoms with van der Waals surface area (Å²) in [5.41, 5.74) is 3.55. The number of likely N-dealkylation sites (tertiary alicyclic amines) is 2. The molecule has 2 aliphatic rings. The van der Waals surface area contributed by atoms with E-state index in [1.807, 2.05) is 36.5 Å². The number of hydrogen-bond acceptors (Lipinski definition) is 3. The van der Waals surface area contributed by atoms with Crippen molar-refractivity contribution < 1.29 is 9.18 Å². The number of nitrogens with zero attached hydrogens (tertiary/aromatic N) is 4. The van der Waals surface area contributed by atoms with Crippen LogP contribution in [0.25, 0.3) is 5.69 Å². The minimum atomic E-state index is -0.251. The molecule has 0 unspecified atom stereocenters. The van der Waals surface area contributed by atoms with Crippen LogP contribution in [0.2, 0.25) is 0 Å². The van der Waals surface area contributed by atoms with E-state index in [-0.39, 0.29) is 17.1 Å². The molecule has 3 heterocycles. The molecule has 0 radical (unpaired) electrons. The lowest BCUT2D eigenvalue weighted by molar-refractivity contribution is -0.143. The van der Waals surface area contributed by atoms with Crippen LogP contribution in [-0.2, 0) is 11.3 Å². The standard InChI is InChI=1S/C21H27FN4O/c1-15-11-16(2)26(23-15)19-6-5-18(22)12-17(19)13-25-10-8-21(14-25)7-4-9-24(3)20(21)27/h5-6,11-12H,4,7-10,13-14H2,1-3H3/t21-/m1/s1. The molecule has 1 atom stereocenters. The smallest absolute Gasteiger partial charge is 0.229 e. The zero-order chi connectivity index (χ0) is 19.2. The van der Waals surface area contributed by atoms with Gasteiger partial charge in [-0.3, -0.25) is 9.69 Å². The summed E-state index contributed by atoms with van der Waals surface area (Å²) in [6, 6.07) is 6.91. The molecular weight excluding hydrogens is 343 g/mol. The SMILES string of the molecule is Cc1cc(C)n(-c2ccc(F)cc2CN2CC[C@]3(CCCN(C)C3=O)C2)n1. The van der Waals surface area contributed by atoms with Gasteiger partial charge in [-0.15, -0.1) is 0 Å². The first kappa shape index (κ1) is 18.2. The molecular formula is C21H27FN4O. The quantitative estimate of drug-likeness (QED) is 0.834. The number of hydrogen-bond donors (Lipinski definition) is 0. The van der Waals surface area contributed by atoms with E-state index in [9.17, 15) is 9.18 Å². The van der Waals surface area contributed by atoms with Crippen LogP contribution in [-0.4, -0.2) is 52.2 Å². The number of carbonyl (C=O) groups is 1. The van der Waals surface area contributed by atoms with E-state index < -0.39 is 0 Å². The number of amides is 1. The first-order chi connectivity index (χ1) is 12.9.